The van der Waals surface area contributed by atoms with Crippen molar-refractivity contribution >= 4 is 5.97 Å². The number of hydrogen-bond donors (Lipinski definition) is 2. The maximum Gasteiger partial charge on any atom is 0.324 e. The van der Waals surface area contributed by atoms with Crippen LogP contribution >= 0.6 is 0 Å². The topological polar surface area (TPSA) is 61.8 Å². The van der Waals surface area contributed by atoms with Gasteiger partial charge in [0.05, 0.1) is 6.10 Å². The molecule has 3 atom stereocenters. The van der Waals surface area contributed by atoms with E-state index in [1.807, 2.05) is 13.8 Å². The second-order valence-corrected chi connectivity index (χ2v) is 6.21. The maximum atomic E-state index is 11.5. The summed E-state index contributed by atoms with van der Waals surface area (Å²) in [6.07, 6.45) is 1.25. The number of rotatable bonds is 6. The van der Waals surface area contributed by atoms with E-state index < -0.39 is 11.5 Å². The van der Waals surface area contributed by atoms with Gasteiger partial charge in [-0.3, -0.25) is 15.0 Å². The standard InChI is InChI=1S/C14H28N2O3/c1-10(2)15-14(4,13(17)18)9-16-7-6-11(3)12(8-16)19-5/h10-12,15H,6-9H2,1-5H3,(H,17,18). The highest BCUT2D eigenvalue weighted by Gasteiger charge is 2.37. The number of carbonyl (C=O) groups is 1. The lowest BCUT2D eigenvalue weighted by Gasteiger charge is -2.40. The summed E-state index contributed by atoms with van der Waals surface area (Å²) in [5.74, 6) is -0.260. The molecule has 0 aromatic rings. The van der Waals surface area contributed by atoms with Crippen LogP contribution in [-0.4, -0.2) is 60.4 Å². The minimum Gasteiger partial charge on any atom is -0.480 e. The second kappa shape index (κ2) is 6.68. The summed E-state index contributed by atoms with van der Waals surface area (Å²) < 4.78 is 5.48. The summed E-state index contributed by atoms with van der Waals surface area (Å²) in [5.41, 5.74) is -0.910. The van der Waals surface area contributed by atoms with Crippen molar-refractivity contribution < 1.29 is 14.6 Å². The van der Waals surface area contributed by atoms with E-state index >= 15 is 0 Å². The molecule has 0 bridgehead atoms. The maximum absolute atomic E-state index is 11.5. The first kappa shape index (κ1) is 16.4. The van der Waals surface area contributed by atoms with Crippen LogP contribution in [0.5, 0.6) is 0 Å². The third-order valence-electron chi connectivity index (χ3n) is 3.90. The van der Waals surface area contributed by atoms with Crippen molar-refractivity contribution in [2.75, 3.05) is 26.7 Å². The van der Waals surface area contributed by atoms with Crippen molar-refractivity contribution in [3.8, 4) is 0 Å². The van der Waals surface area contributed by atoms with E-state index in [0.29, 0.717) is 12.5 Å². The third-order valence-corrected chi connectivity index (χ3v) is 3.90. The molecule has 0 aromatic carbocycles. The molecule has 0 radical (unpaired) electrons. The summed E-state index contributed by atoms with van der Waals surface area (Å²) in [6.45, 7) is 10.1. The van der Waals surface area contributed by atoms with Gasteiger partial charge in [0.25, 0.3) is 0 Å². The Morgan fingerprint density at radius 1 is 1.58 bits per heavy atom. The zero-order chi connectivity index (χ0) is 14.6. The lowest BCUT2D eigenvalue weighted by atomic mass is 9.93. The number of carboxylic acid groups (broad SMARTS) is 1. The summed E-state index contributed by atoms with van der Waals surface area (Å²) in [6, 6.07) is 0.142. The SMILES string of the molecule is COC1CN(CC(C)(NC(C)C)C(=O)O)CCC1C. The van der Waals surface area contributed by atoms with Crippen LogP contribution < -0.4 is 5.32 Å². The van der Waals surface area contributed by atoms with Gasteiger partial charge in [-0.1, -0.05) is 6.92 Å². The Balaban J connectivity index is 2.67. The number of carboxylic acids is 1. The Kier molecular flexibility index (Phi) is 5.77. The molecule has 5 heteroatoms. The predicted octanol–water partition coefficient (Wildman–Crippen LogP) is 1.18. The number of nitrogens with zero attached hydrogens (tertiary/aromatic N) is 1. The molecule has 0 spiro atoms. The average Bonchev–Trinajstić information content (AvgIpc) is 2.30. The molecule has 1 aliphatic heterocycles. The molecule has 1 aliphatic rings. The van der Waals surface area contributed by atoms with Gasteiger partial charge in [0.1, 0.15) is 5.54 Å². The Hall–Kier alpha value is -0.650. The largest absolute Gasteiger partial charge is 0.480 e. The van der Waals surface area contributed by atoms with E-state index in [1.54, 1.807) is 14.0 Å². The lowest BCUT2D eigenvalue weighted by molar-refractivity contribution is -0.146. The first-order valence-electron chi connectivity index (χ1n) is 7.04. The summed E-state index contributed by atoms with van der Waals surface area (Å²) in [7, 11) is 1.73. The summed E-state index contributed by atoms with van der Waals surface area (Å²) in [4.78, 5) is 13.7. The van der Waals surface area contributed by atoms with Gasteiger partial charge >= 0.3 is 5.97 Å². The number of methoxy groups -OCH3 is 1. The van der Waals surface area contributed by atoms with Gasteiger partial charge in [-0.25, -0.2) is 0 Å². The van der Waals surface area contributed by atoms with Gasteiger partial charge in [0.15, 0.2) is 0 Å². The highest BCUT2D eigenvalue weighted by Crippen LogP contribution is 2.21. The molecule has 1 heterocycles. The quantitative estimate of drug-likeness (QED) is 0.760. The fourth-order valence-electron chi connectivity index (χ4n) is 2.81. The van der Waals surface area contributed by atoms with Crippen molar-refractivity contribution in [2.45, 2.75) is 51.8 Å². The van der Waals surface area contributed by atoms with E-state index in [2.05, 4.69) is 17.1 Å². The van der Waals surface area contributed by atoms with Crippen LogP contribution in [0.15, 0.2) is 0 Å². The Bertz CT molecular complexity index is 309. The van der Waals surface area contributed by atoms with Crippen molar-refractivity contribution in [1.82, 2.24) is 10.2 Å². The van der Waals surface area contributed by atoms with Crippen LogP contribution in [0.4, 0.5) is 0 Å². The molecule has 1 saturated heterocycles. The highest BCUT2D eigenvalue weighted by molar-refractivity contribution is 5.78. The molecule has 3 unspecified atom stereocenters. The number of nitrogens with one attached hydrogen (secondary N) is 1. The second-order valence-electron chi connectivity index (χ2n) is 6.21. The Morgan fingerprint density at radius 2 is 2.21 bits per heavy atom. The van der Waals surface area contributed by atoms with Crippen molar-refractivity contribution in [1.29, 1.82) is 0 Å². The third kappa shape index (κ3) is 4.44. The van der Waals surface area contributed by atoms with Crippen LogP contribution in [0, 0.1) is 5.92 Å². The number of aliphatic carboxylic acids is 1. The molecule has 112 valence electrons. The fraction of sp³-hybridized carbons (Fsp3) is 0.929. The van der Waals surface area contributed by atoms with Crippen LogP contribution in [0.25, 0.3) is 0 Å². The van der Waals surface area contributed by atoms with E-state index in [9.17, 15) is 9.90 Å². The molecule has 0 aliphatic carbocycles. The number of likely N-dealkylation sites (tertiary alicyclic amines) is 1. The van der Waals surface area contributed by atoms with Crippen LogP contribution in [0.2, 0.25) is 0 Å². The minimum absolute atomic E-state index is 0.142. The highest BCUT2D eigenvalue weighted by atomic mass is 16.5. The van der Waals surface area contributed by atoms with Gasteiger partial charge in [-0.15, -0.1) is 0 Å². The number of piperidine rings is 1. The Labute approximate surface area is 116 Å². The summed E-state index contributed by atoms with van der Waals surface area (Å²) >= 11 is 0. The van der Waals surface area contributed by atoms with E-state index in [4.69, 9.17) is 4.74 Å². The molecule has 2 N–H and O–H groups in total. The van der Waals surface area contributed by atoms with Crippen LogP contribution in [-0.2, 0) is 9.53 Å². The molecule has 0 aromatic heterocycles. The molecule has 0 saturated carbocycles. The van der Waals surface area contributed by atoms with Gasteiger partial charge in [0.2, 0.25) is 0 Å². The molecular formula is C14H28N2O3. The predicted molar refractivity (Wildman–Crippen MR) is 75.3 cm³/mol. The fourth-order valence-corrected chi connectivity index (χ4v) is 2.81. The van der Waals surface area contributed by atoms with E-state index in [-0.39, 0.29) is 12.1 Å². The molecule has 1 fully saturated rings. The van der Waals surface area contributed by atoms with Gasteiger partial charge < -0.3 is 9.84 Å². The molecule has 19 heavy (non-hydrogen) atoms. The van der Waals surface area contributed by atoms with E-state index in [0.717, 1.165) is 19.5 Å². The first-order chi connectivity index (χ1) is 8.78. The van der Waals surface area contributed by atoms with Crippen molar-refractivity contribution in [2.24, 2.45) is 5.92 Å². The lowest BCUT2D eigenvalue weighted by Crippen LogP contribution is -2.60. The molecule has 5 nitrogen and oxygen atoms in total. The Morgan fingerprint density at radius 3 is 2.68 bits per heavy atom. The van der Waals surface area contributed by atoms with Crippen LogP contribution in [0.1, 0.15) is 34.1 Å². The zero-order valence-corrected chi connectivity index (χ0v) is 12.8. The number of ether oxygens (including phenoxy) is 1. The van der Waals surface area contributed by atoms with Crippen LogP contribution in [0.3, 0.4) is 0 Å². The monoisotopic (exact) mass is 272 g/mol. The normalized spacial score (nSPS) is 28.3. The average molecular weight is 272 g/mol. The molecular weight excluding hydrogens is 244 g/mol. The van der Waals surface area contributed by atoms with Gasteiger partial charge in [-0.05, 0) is 39.7 Å². The number of hydrogen-bond acceptors (Lipinski definition) is 4. The van der Waals surface area contributed by atoms with Gasteiger partial charge in [-0.2, -0.15) is 0 Å². The first-order valence-corrected chi connectivity index (χ1v) is 7.04. The molecule has 1 rings (SSSR count). The zero-order valence-electron chi connectivity index (χ0n) is 12.8. The smallest absolute Gasteiger partial charge is 0.324 e. The van der Waals surface area contributed by atoms with Gasteiger partial charge in [0, 0.05) is 26.2 Å². The van der Waals surface area contributed by atoms with Crippen molar-refractivity contribution in [3.05, 3.63) is 0 Å². The van der Waals surface area contributed by atoms with Crippen molar-refractivity contribution in [3.63, 3.8) is 0 Å². The minimum atomic E-state index is -0.910. The summed E-state index contributed by atoms with van der Waals surface area (Å²) in [5, 5.41) is 12.6. The molecule has 0 amide bonds. The van der Waals surface area contributed by atoms with E-state index in [1.165, 1.54) is 0 Å².